The molecule has 3 aromatic rings. The number of rotatable bonds is 7. The summed E-state index contributed by atoms with van der Waals surface area (Å²) in [5.74, 6) is 0.859. The van der Waals surface area contributed by atoms with Crippen molar-refractivity contribution in [3.8, 4) is 11.5 Å². The Hall–Kier alpha value is -2.16. The van der Waals surface area contributed by atoms with Crippen LogP contribution in [0.4, 0.5) is 0 Å². The van der Waals surface area contributed by atoms with Crippen LogP contribution in [-0.2, 0) is 6.61 Å². The number of hydrazone groups is 1. The Balaban J connectivity index is 1.68. The molecular formula is C22H17Br3N2O3. The summed E-state index contributed by atoms with van der Waals surface area (Å²) in [5.41, 5.74) is 4.81. The number of benzene rings is 3. The SMILES string of the molecule is COc1cc(/C=N\NC(=O)c2ccc(Br)cc2)cc(Br)c1OCc1ccc(Br)cc1. The molecule has 1 amide bonds. The second-order valence-electron chi connectivity index (χ2n) is 6.16. The first kappa shape index (κ1) is 22.5. The lowest BCUT2D eigenvalue weighted by atomic mass is 10.2. The van der Waals surface area contributed by atoms with Crippen LogP contribution in [0.25, 0.3) is 0 Å². The van der Waals surface area contributed by atoms with Gasteiger partial charge in [-0.25, -0.2) is 5.43 Å². The van der Waals surface area contributed by atoms with E-state index in [4.69, 9.17) is 9.47 Å². The molecule has 0 aliphatic heterocycles. The molecular weight excluding hydrogens is 580 g/mol. The smallest absolute Gasteiger partial charge is 0.271 e. The molecule has 0 saturated carbocycles. The fraction of sp³-hybridized carbons (Fsp3) is 0.0909. The molecule has 0 aromatic heterocycles. The fourth-order valence-corrected chi connectivity index (χ4v) is 3.62. The number of amides is 1. The molecule has 0 aliphatic rings. The van der Waals surface area contributed by atoms with Gasteiger partial charge in [0.25, 0.3) is 5.91 Å². The highest BCUT2D eigenvalue weighted by Gasteiger charge is 2.12. The molecule has 3 aromatic carbocycles. The van der Waals surface area contributed by atoms with E-state index in [-0.39, 0.29) is 5.91 Å². The number of nitrogens with zero attached hydrogens (tertiary/aromatic N) is 1. The quantitative estimate of drug-likeness (QED) is 0.256. The minimum absolute atomic E-state index is 0.292. The first-order chi connectivity index (χ1) is 14.5. The zero-order valence-corrected chi connectivity index (χ0v) is 20.6. The zero-order valence-electron chi connectivity index (χ0n) is 15.9. The Kier molecular flexibility index (Phi) is 8.07. The first-order valence-electron chi connectivity index (χ1n) is 8.80. The number of nitrogens with one attached hydrogen (secondary N) is 1. The molecule has 8 heteroatoms. The van der Waals surface area contributed by atoms with E-state index in [1.54, 1.807) is 43.7 Å². The number of methoxy groups -OCH3 is 1. The summed E-state index contributed by atoms with van der Waals surface area (Å²) in [6.07, 6.45) is 1.54. The second-order valence-corrected chi connectivity index (χ2v) is 8.84. The Labute approximate surface area is 199 Å². The number of hydrogen-bond acceptors (Lipinski definition) is 4. The molecule has 0 heterocycles. The second kappa shape index (κ2) is 10.7. The molecule has 0 bridgehead atoms. The molecule has 0 aliphatic carbocycles. The maximum Gasteiger partial charge on any atom is 0.271 e. The minimum Gasteiger partial charge on any atom is -0.493 e. The lowest BCUT2D eigenvalue weighted by molar-refractivity contribution is 0.0955. The summed E-state index contributed by atoms with van der Waals surface area (Å²) in [5, 5.41) is 4.03. The van der Waals surface area contributed by atoms with Crippen molar-refractivity contribution in [2.45, 2.75) is 6.61 Å². The fourth-order valence-electron chi connectivity index (χ4n) is 2.52. The van der Waals surface area contributed by atoms with E-state index >= 15 is 0 Å². The molecule has 0 spiro atoms. The Morgan fingerprint density at radius 1 is 1.00 bits per heavy atom. The van der Waals surface area contributed by atoms with Crippen LogP contribution >= 0.6 is 47.8 Å². The van der Waals surface area contributed by atoms with Gasteiger partial charge in [0.2, 0.25) is 0 Å². The van der Waals surface area contributed by atoms with Gasteiger partial charge >= 0.3 is 0 Å². The van der Waals surface area contributed by atoms with Crippen molar-refractivity contribution in [2.24, 2.45) is 5.10 Å². The van der Waals surface area contributed by atoms with Gasteiger partial charge in [-0.2, -0.15) is 5.10 Å². The van der Waals surface area contributed by atoms with Crippen LogP contribution < -0.4 is 14.9 Å². The molecule has 154 valence electrons. The lowest BCUT2D eigenvalue weighted by Gasteiger charge is -2.13. The van der Waals surface area contributed by atoms with Gasteiger partial charge in [0.1, 0.15) is 6.61 Å². The van der Waals surface area contributed by atoms with Crippen LogP contribution in [0.15, 0.2) is 79.2 Å². The third-order valence-electron chi connectivity index (χ3n) is 4.03. The molecule has 0 radical (unpaired) electrons. The van der Waals surface area contributed by atoms with Crippen molar-refractivity contribution < 1.29 is 14.3 Å². The summed E-state index contributed by atoms with van der Waals surface area (Å²) in [7, 11) is 1.57. The van der Waals surface area contributed by atoms with Crippen LogP contribution in [0.3, 0.4) is 0 Å². The number of halogens is 3. The summed E-state index contributed by atoms with van der Waals surface area (Å²) in [6, 6.07) is 18.6. The van der Waals surface area contributed by atoms with Crippen LogP contribution in [0.5, 0.6) is 11.5 Å². The maximum atomic E-state index is 12.1. The highest BCUT2D eigenvalue weighted by atomic mass is 79.9. The third kappa shape index (κ3) is 6.17. The van der Waals surface area contributed by atoms with Gasteiger partial charge in [0, 0.05) is 14.5 Å². The lowest BCUT2D eigenvalue weighted by Crippen LogP contribution is -2.17. The summed E-state index contributed by atoms with van der Waals surface area (Å²) >= 11 is 10.3. The standard InChI is InChI=1S/C22H17Br3N2O3/c1-29-20-11-15(12-26-27-22(28)16-4-8-18(24)9-5-16)10-19(25)21(20)30-13-14-2-6-17(23)7-3-14/h2-12H,13H2,1H3,(H,27,28)/b26-12-. The molecule has 0 saturated heterocycles. The number of hydrogen-bond donors (Lipinski definition) is 1. The van der Waals surface area contributed by atoms with Crippen molar-refractivity contribution in [3.05, 3.63) is 90.8 Å². The summed E-state index contributed by atoms with van der Waals surface area (Å²) in [6.45, 7) is 0.402. The first-order valence-corrected chi connectivity index (χ1v) is 11.2. The van der Waals surface area contributed by atoms with Crippen LogP contribution in [0, 0.1) is 0 Å². The van der Waals surface area contributed by atoms with Gasteiger partial charge in [0.05, 0.1) is 17.8 Å². The number of carbonyl (C=O) groups is 1. The third-order valence-corrected chi connectivity index (χ3v) is 5.68. The summed E-state index contributed by atoms with van der Waals surface area (Å²) < 4.78 is 14.1. The molecule has 3 rings (SSSR count). The van der Waals surface area contributed by atoms with Gasteiger partial charge in [-0.05, 0) is 75.6 Å². The summed E-state index contributed by atoms with van der Waals surface area (Å²) in [4.78, 5) is 12.1. The zero-order chi connectivity index (χ0) is 21.5. The van der Waals surface area contributed by atoms with Gasteiger partial charge in [0.15, 0.2) is 11.5 Å². The Morgan fingerprint density at radius 2 is 1.63 bits per heavy atom. The molecule has 0 unspecified atom stereocenters. The Morgan fingerprint density at radius 3 is 2.27 bits per heavy atom. The van der Waals surface area contributed by atoms with E-state index in [1.807, 2.05) is 30.3 Å². The molecule has 0 fully saturated rings. The average molecular weight is 597 g/mol. The van der Waals surface area contributed by atoms with Gasteiger partial charge in [-0.3, -0.25) is 4.79 Å². The van der Waals surface area contributed by atoms with E-state index in [0.29, 0.717) is 23.7 Å². The molecule has 0 atom stereocenters. The van der Waals surface area contributed by atoms with Crippen molar-refractivity contribution in [3.63, 3.8) is 0 Å². The predicted molar refractivity (Wildman–Crippen MR) is 128 cm³/mol. The van der Waals surface area contributed by atoms with Crippen LogP contribution in [0.2, 0.25) is 0 Å². The van der Waals surface area contributed by atoms with E-state index in [1.165, 1.54) is 0 Å². The highest BCUT2D eigenvalue weighted by molar-refractivity contribution is 9.11. The van der Waals surface area contributed by atoms with Crippen LogP contribution in [0.1, 0.15) is 21.5 Å². The van der Waals surface area contributed by atoms with E-state index in [0.717, 1.165) is 24.5 Å². The van der Waals surface area contributed by atoms with Crippen LogP contribution in [-0.4, -0.2) is 19.2 Å². The van der Waals surface area contributed by atoms with Crippen molar-refractivity contribution >= 4 is 59.9 Å². The Bertz CT molecular complexity index is 1050. The highest BCUT2D eigenvalue weighted by Crippen LogP contribution is 2.36. The molecule has 30 heavy (non-hydrogen) atoms. The number of ether oxygens (including phenoxy) is 2. The predicted octanol–water partition coefficient (Wildman–Crippen LogP) is 6.33. The topological polar surface area (TPSA) is 59.9 Å². The van der Waals surface area contributed by atoms with Gasteiger partial charge in [-0.1, -0.05) is 44.0 Å². The minimum atomic E-state index is -0.292. The normalized spacial score (nSPS) is 10.8. The largest absolute Gasteiger partial charge is 0.493 e. The van der Waals surface area contributed by atoms with Gasteiger partial charge < -0.3 is 9.47 Å². The average Bonchev–Trinajstić information content (AvgIpc) is 2.74. The van der Waals surface area contributed by atoms with Crippen molar-refractivity contribution in [1.82, 2.24) is 5.43 Å². The van der Waals surface area contributed by atoms with Gasteiger partial charge in [-0.15, -0.1) is 0 Å². The number of carbonyl (C=O) groups excluding carboxylic acids is 1. The van der Waals surface area contributed by atoms with E-state index in [2.05, 4.69) is 58.3 Å². The van der Waals surface area contributed by atoms with E-state index < -0.39 is 0 Å². The molecule has 5 nitrogen and oxygen atoms in total. The van der Waals surface area contributed by atoms with Crippen molar-refractivity contribution in [1.29, 1.82) is 0 Å². The van der Waals surface area contributed by atoms with Crippen molar-refractivity contribution in [2.75, 3.05) is 7.11 Å². The maximum absolute atomic E-state index is 12.1. The monoisotopic (exact) mass is 594 g/mol. The van der Waals surface area contributed by atoms with E-state index in [9.17, 15) is 4.79 Å². The molecule has 1 N–H and O–H groups in total.